The summed E-state index contributed by atoms with van der Waals surface area (Å²) in [5.41, 5.74) is 1.43. The van der Waals surface area contributed by atoms with Crippen molar-refractivity contribution in [2.75, 3.05) is 29.1 Å². The monoisotopic (exact) mass is 456 g/mol. The lowest BCUT2D eigenvalue weighted by Gasteiger charge is -2.18. The largest absolute Gasteiger partial charge is 0.341 e. The van der Waals surface area contributed by atoms with E-state index in [9.17, 15) is 9.59 Å². The Kier molecular flexibility index (Phi) is 6.73. The van der Waals surface area contributed by atoms with Crippen LogP contribution in [0.3, 0.4) is 0 Å². The first-order valence-electron chi connectivity index (χ1n) is 9.85. The van der Waals surface area contributed by atoms with Crippen LogP contribution in [0.1, 0.15) is 12.8 Å². The van der Waals surface area contributed by atoms with Gasteiger partial charge in [0.15, 0.2) is 5.16 Å². The number of imide groups is 1. The van der Waals surface area contributed by atoms with Crippen molar-refractivity contribution in [3.63, 3.8) is 0 Å². The van der Waals surface area contributed by atoms with Gasteiger partial charge in [-0.2, -0.15) is 0 Å². The maximum Gasteiger partial charge on any atom is 0.325 e. The number of aromatic nitrogens is 3. The Morgan fingerprint density at radius 1 is 1.03 bits per heavy atom. The van der Waals surface area contributed by atoms with Gasteiger partial charge in [0.05, 0.1) is 11.4 Å². The predicted octanol–water partition coefficient (Wildman–Crippen LogP) is 3.96. The second-order valence-electron chi connectivity index (χ2n) is 6.95. The normalized spacial score (nSPS) is 13.3. The first kappa shape index (κ1) is 21.2. The van der Waals surface area contributed by atoms with Gasteiger partial charge < -0.3 is 10.2 Å². The summed E-state index contributed by atoms with van der Waals surface area (Å²) >= 11 is 7.41. The van der Waals surface area contributed by atoms with Gasteiger partial charge in [0, 0.05) is 23.8 Å². The number of para-hydroxylation sites is 1. The summed E-state index contributed by atoms with van der Waals surface area (Å²) in [5.74, 6) is 0.312. The number of rotatable bonds is 6. The molecule has 1 aromatic heterocycles. The molecule has 4 rings (SSSR count). The number of urea groups is 1. The van der Waals surface area contributed by atoms with Gasteiger partial charge in [0.2, 0.25) is 11.9 Å². The molecular weight excluding hydrogens is 436 g/mol. The third-order valence-corrected chi connectivity index (χ3v) is 5.85. The molecule has 0 aliphatic carbocycles. The highest BCUT2D eigenvalue weighted by Crippen LogP contribution is 2.29. The zero-order chi connectivity index (χ0) is 21.6. The number of amides is 3. The lowest BCUT2D eigenvalue weighted by molar-refractivity contribution is -0.117. The second kappa shape index (κ2) is 9.84. The lowest BCUT2D eigenvalue weighted by atomic mass is 10.3. The van der Waals surface area contributed by atoms with Crippen molar-refractivity contribution in [3.8, 4) is 5.69 Å². The van der Waals surface area contributed by atoms with Crippen molar-refractivity contribution in [1.29, 1.82) is 0 Å². The molecule has 2 heterocycles. The molecule has 1 aliphatic heterocycles. The number of nitrogens with one attached hydrogen (secondary N) is 2. The van der Waals surface area contributed by atoms with E-state index in [1.165, 1.54) is 11.8 Å². The number of carbonyl (C=O) groups is 2. The molecule has 0 atom stereocenters. The Morgan fingerprint density at radius 2 is 1.81 bits per heavy atom. The van der Waals surface area contributed by atoms with E-state index in [2.05, 4.69) is 25.7 Å². The molecule has 10 heteroatoms. The van der Waals surface area contributed by atoms with Gasteiger partial charge in [0.1, 0.15) is 0 Å². The number of anilines is 2. The number of hydrogen-bond donors (Lipinski definition) is 2. The van der Waals surface area contributed by atoms with E-state index < -0.39 is 11.9 Å². The zero-order valence-electron chi connectivity index (χ0n) is 16.6. The fraction of sp³-hybridized carbons (Fsp3) is 0.238. The van der Waals surface area contributed by atoms with Crippen molar-refractivity contribution >= 4 is 46.9 Å². The average molecular weight is 457 g/mol. The third kappa shape index (κ3) is 5.36. The van der Waals surface area contributed by atoms with Gasteiger partial charge in [-0.15, -0.1) is 10.2 Å². The molecule has 31 heavy (non-hydrogen) atoms. The Hall–Kier alpha value is -3.04. The summed E-state index contributed by atoms with van der Waals surface area (Å²) in [7, 11) is 0. The molecule has 0 unspecified atom stereocenters. The summed E-state index contributed by atoms with van der Waals surface area (Å²) in [5, 5.41) is 14.8. The van der Waals surface area contributed by atoms with Crippen molar-refractivity contribution in [2.24, 2.45) is 0 Å². The number of benzene rings is 2. The molecule has 8 nitrogen and oxygen atoms in total. The lowest BCUT2D eigenvalue weighted by Crippen LogP contribution is -2.35. The number of nitrogens with zero attached hydrogens (tertiary/aromatic N) is 4. The molecule has 1 saturated heterocycles. The van der Waals surface area contributed by atoms with Crippen LogP contribution < -0.4 is 15.5 Å². The Morgan fingerprint density at radius 3 is 2.55 bits per heavy atom. The fourth-order valence-electron chi connectivity index (χ4n) is 3.30. The van der Waals surface area contributed by atoms with Crippen molar-refractivity contribution in [3.05, 3.63) is 59.6 Å². The molecule has 0 saturated carbocycles. The maximum atomic E-state index is 12.3. The van der Waals surface area contributed by atoms with Crippen molar-refractivity contribution in [1.82, 2.24) is 20.1 Å². The van der Waals surface area contributed by atoms with Crippen LogP contribution >= 0.6 is 23.4 Å². The smallest absolute Gasteiger partial charge is 0.325 e. The van der Waals surface area contributed by atoms with Crippen LogP contribution in [0.25, 0.3) is 5.69 Å². The predicted molar refractivity (Wildman–Crippen MR) is 122 cm³/mol. The van der Waals surface area contributed by atoms with Crippen molar-refractivity contribution in [2.45, 2.75) is 18.0 Å². The van der Waals surface area contributed by atoms with E-state index in [-0.39, 0.29) is 5.75 Å². The molecule has 0 radical (unpaired) electrons. The van der Waals surface area contributed by atoms with E-state index >= 15 is 0 Å². The molecule has 2 aromatic carbocycles. The summed E-state index contributed by atoms with van der Waals surface area (Å²) in [6, 6.07) is 15.8. The molecule has 1 aliphatic rings. The fourth-order valence-corrected chi connectivity index (χ4v) is 4.23. The highest BCUT2D eigenvalue weighted by atomic mass is 35.5. The van der Waals surface area contributed by atoms with E-state index in [1.807, 2.05) is 28.8 Å². The van der Waals surface area contributed by atoms with Crippen LogP contribution in [-0.4, -0.2) is 45.5 Å². The van der Waals surface area contributed by atoms with E-state index in [4.69, 9.17) is 11.6 Å². The number of thioether (sulfide) groups is 1. The highest BCUT2D eigenvalue weighted by molar-refractivity contribution is 7.99. The van der Waals surface area contributed by atoms with Gasteiger partial charge in [-0.3, -0.25) is 14.7 Å². The minimum atomic E-state index is -0.578. The van der Waals surface area contributed by atoms with E-state index in [0.29, 0.717) is 15.9 Å². The van der Waals surface area contributed by atoms with Gasteiger partial charge in [-0.25, -0.2) is 4.79 Å². The van der Waals surface area contributed by atoms with Gasteiger partial charge in [-0.1, -0.05) is 47.6 Å². The van der Waals surface area contributed by atoms with Crippen LogP contribution in [0.4, 0.5) is 16.4 Å². The molecule has 0 spiro atoms. The highest BCUT2D eigenvalue weighted by Gasteiger charge is 2.23. The second-order valence-corrected chi connectivity index (χ2v) is 8.33. The molecule has 2 N–H and O–H groups in total. The summed E-state index contributed by atoms with van der Waals surface area (Å²) in [6.45, 7) is 1.81. The number of hydrogen-bond acceptors (Lipinski definition) is 6. The van der Waals surface area contributed by atoms with Crippen molar-refractivity contribution < 1.29 is 9.59 Å². The minimum absolute atomic E-state index is 0.0148. The third-order valence-electron chi connectivity index (χ3n) is 4.69. The van der Waals surface area contributed by atoms with Crippen LogP contribution in [-0.2, 0) is 4.79 Å². The summed E-state index contributed by atoms with van der Waals surface area (Å²) in [6.07, 6.45) is 2.20. The molecule has 3 amide bonds. The molecular formula is C21H21ClN6O2S. The average Bonchev–Trinajstić information content (AvgIpc) is 3.42. The standard InChI is InChI=1S/C21H21ClN6O2S/c22-15-7-6-10-17(13-15)28-20(27-11-4-5-12-27)25-26-21(28)31-14-18(29)24-19(30)23-16-8-2-1-3-9-16/h1-3,6-10,13H,4-5,11-12,14H2,(H2,23,24,29,30). The van der Waals surface area contributed by atoms with E-state index in [1.54, 1.807) is 30.3 Å². The van der Waals surface area contributed by atoms with Gasteiger partial charge in [-0.05, 0) is 43.2 Å². The quantitative estimate of drug-likeness (QED) is 0.545. The van der Waals surface area contributed by atoms with Crippen LogP contribution in [0.2, 0.25) is 5.02 Å². The van der Waals surface area contributed by atoms with Gasteiger partial charge >= 0.3 is 6.03 Å². The van der Waals surface area contributed by atoms with Crippen LogP contribution in [0.5, 0.6) is 0 Å². The SMILES string of the molecule is O=C(CSc1nnc(N2CCCC2)n1-c1cccc(Cl)c1)NC(=O)Nc1ccccc1. The Bertz CT molecular complexity index is 1070. The molecule has 160 valence electrons. The number of halogens is 1. The zero-order valence-corrected chi connectivity index (χ0v) is 18.2. The Balaban J connectivity index is 1.45. The minimum Gasteiger partial charge on any atom is -0.341 e. The maximum absolute atomic E-state index is 12.3. The first-order chi connectivity index (χ1) is 15.1. The molecule has 0 bridgehead atoms. The van der Waals surface area contributed by atoms with E-state index in [0.717, 1.165) is 37.6 Å². The molecule has 3 aromatic rings. The first-order valence-corrected chi connectivity index (χ1v) is 11.2. The summed E-state index contributed by atoms with van der Waals surface area (Å²) in [4.78, 5) is 26.5. The Labute approximate surface area is 189 Å². The van der Waals surface area contributed by atoms with Crippen LogP contribution in [0.15, 0.2) is 59.8 Å². The summed E-state index contributed by atoms with van der Waals surface area (Å²) < 4.78 is 1.90. The molecule has 1 fully saturated rings. The number of carbonyl (C=O) groups excluding carboxylic acids is 2. The topological polar surface area (TPSA) is 92.2 Å². The van der Waals surface area contributed by atoms with Crippen LogP contribution in [0, 0.1) is 0 Å². The van der Waals surface area contributed by atoms with Gasteiger partial charge in [0.25, 0.3) is 0 Å².